The Labute approximate surface area is 176 Å². The molecule has 2 amide bonds. The molecule has 2 aromatic rings. The summed E-state index contributed by atoms with van der Waals surface area (Å²) in [4.78, 5) is 40.9. The highest BCUT2D eigenvalue weighted by Gasteiger charge is 2.38. The molecule has 2 unspecified atom stereocenters. The summed E-state index contributed by atoms with van der Waals surface area (Å²) in [5.41, 5.74) is 1.29. The van der Waals surface area contributed by atoms with Crippen molar-refractivity contribution in [3.8, 4) is 5.75 Å². The largest absolute Gasteiger partial charge is 0.494 e. The highest BCUT2D eigenvalue weighted by molar-refractivity contribution is 5.99. The van der Waals surface area contributed by atoms with Gasteiger partial charge < -0.3 is 19.3 Å². The van der Waals surface area contributed by atoms with Gasteiger partial charge in [-0.2, -0.15) is 0 Å². The second-order valence-corrected chi connectivity index (χ2v) is 7.29. The van der Waals surface area contributed by atoms with Crippen LogP contribution in [0.2, 0.25) is 0 Å². The lowest BCUT2D eigenvalue weighted by Gasteiger charge is -2.22. The van der Waals surface area contributed by atoms with Gasteiger partial charge in [0.05, 0.1) is 12.5 Å². The molecule has 7 nitrogen and oxygen atoms in total. The van der Waals surface area contributed by atoms with Crippen molar-refractivity contribution in [2.24, 2.45) is 5.92 Å². The van der Waals surface area contributed by atoms with E-state index in [4.69, 9.17) is 9.47 Å². The molecular weight excluding hydrogens is 384 g/mol. The van der Waals surface area contributed by atoms with Crippen molar-refractivity contribution in [2.45, 2.75) is 19.4 Å². The number of likely N-dealkylation sites (N-methyl/N-ethyl adjacent to an activating group) is 1. The van der Waals surface area contributed by atoms with E-state index in [0.717, 1.165) is 5.75 Å². The fraction of sp³-hybridized carbons (Fsp3) is 0.348. The number of ether oxygens (including phenoxy) is 2. The van der Waals surface area contributed by atoms with Gasteiger partial charge in [-0.25, -0.2) is 0 Å². The fourth-order valence-corrected chi connectivity index (χ4v) is 3.34. The fourth-order valence-electron chi connectivity index (χ4n) is 3.34. The monoisotopic (exact) mass is 410 g/mol. The Balaban J connectivity index is 1.71. The summed E-state index contributed by atoms with van der Waals surface area (Å²) in [5, 5.41) is 0. The first-order chi connectivity index (χ1) is 14.4. The maximum absolute atomic E-state index is 12.8. The zero-order valence-electron chi connectivity index (χ0n) is 17.4. The van der Waals surface area contributed by atoms with E-state index in [1.165, 1.54) is 4.90 Å². The predicted molar refractivity (Wildman–Crippen MR) is 112 cm³/mol. The molecule has 158 valence electrons. The quantitative estimate of drug-likeness (QED) is 0.656. The van der Waals surface area contributed by atoms with Gasteiger partial charge in [-0.15, -0.1) is 0 Å². The number of carbonyl (C=O) groups is 3. The van der Waals surface area contributed by atoms with Gasteiger partial charge in [0, 0.05) is 38.3 Å². The standard InChI is InChI=1S/C23H26N2O5/c1-4-29-19-12-10-18(11-13-19)25-15-17(14-20(25)26)23(28)30-21(22(27)24(2)3)16-8-6-5-7-9-16/h5-13,17,21H,4,14-15H2,1-3H3. The van der Waals surface area contributed by atoms with E-state index in [0.29, 0.717) is 17.9 Å². The zero-order valence-corrected chi connectivity index (χ0v) is 17.4. The van der Waals surface area contributed by atoms with Gasteiger partial charge in [0.1, 0.15) is 5.75 Å². The first kappa shape index (κ1) is 21.4. The number of anilines is 1. The summed E-state index contributed by atoms with van der Waals surface area (Å²) in [6.45, 7) is 2.67. The molecule has 1 fully saturated rings. The van der Waals surface area contributed by atoms with Crippen LogP contribution >= 0.6 is 0 Å². The van der Waals surface area contributed by atoms with Gasteiger partial charge in [-0.3, -0.25) is 14.4 Å². The van der Waals surface area contributed by atoms with Crippen LogP contribution in [0.5, 0.6) is 5.75 Å². The molecule has 0 spiro atoms. The van der Waals surface area contributed by atoms with Crippen molar-refractivity contribution in [1.82, 2.24) is 4.90 Å². The third-order valence-corrected chi connectivity index (χ3v) is 4.92. The summed E-state index contributed by atoms with van der Waals surface area (Å²) < 4.78 is 11.0. The highest BCUT2D eigenvalue weighted by atomic mass is 16.5. The van der Waals surface area contributed by atoms with Crippen molar-refractivity contribution in [1.29, 1.82) is 0 Å². The van der Waals surface area contributed by atoms with Crippen molar-refractivity contribution in [2.75, 3.05) is 32.1 Å². The Bertz CT molecular complexity index is 896. The molecule has 1 aliphatic rings. The van der Waals surface area contributed by atoms with Gasteiger partial charge in [0.25, 0.3) is 5.91 Å². The molecule has 1 heterocycles. The van der Waals surface area contributed by atoms with Gasteiger partial charge in [0.2, 0.25) is 12.0 Å². The SMILES string of the molecule is CCOc1ccc(N2CC(C(=O)OC(C(=O)N(C)C)c3ccccc3)CC2=O)cc1. The van der Waals surface area contributed by atoms with Crippen molar-refractivity contribution in [3.05, 3.63) is 60.2 Å². The minimum atomic E-state index is -1.04. The smallest absolute Gasteiger partial charge is 0.312 e. The molecule has 1 aliphatic heterocycles. The van der Waals surface area contributed by atoms with Crippen LogP contribution in [0.3, 0.4) is 0 Å². The molecular formula is C23H26N2O5. The molecule has 0 radical (unpaired) electrons. The normalized spacial score (nSPS) is 16.8. The van der Waals surface area contributed by atoms with Crippen LogP contribution in [0.4, 0.5) is 5.69 Å². The van der Waals surface area contributed by atoms with E-state index in [1.807, 2.05) is 13.0 Å². The van der Waals surface area contributed by atoms with Gasteiger partial charge >= 0.3 is 5.97 Å². The van der Waals surface area contributed by atoms with E-state index >= 15 is 0 Å². The molecule has 30 heavy (non-hydrogen) atoms. The number of nitrogens with zero attached hydrogens (tertiary/aromatic N) is 2. The number of carbonyl (C=O) groups excluding carboxylic acids is 3. The molecule has 0 aliphatic carbocycles. The number of rotatable bonds is 7. The second kappa shape index (κ2) is 9.43. The van der Waals surface area contributed by atoms with E-state index in [2.05, 4.69) is 0 Å². The zero-order chi connectivity index (χ0) is 21.7. The molecule has 2 atom stereocenters. The summed E-state index contributed by atoms with van der Waals surface area (Å²) in [5.74, 6) is -0.957. The van der Waals surface area contributed by atoms with E-state index < -0.39 is 18.0 Å². The summed E-state index contributed by atoms with van der Waals surface area (Å²) in [6.07, 6.45) is -0.993. The maximum Gasteiger partial charge on any atom is 0.312 e. The topological polar surface area (TPSA) is 76.2 Å². The van der Waals surface area contributed by atoms with E-state index in [-0.39, 0.29) is 24.8 Å². The van der Waals surface area contributed by atoms with Crippen molar-refractivity contribution in [3.63, 3.8) is 0 Å². The van der Waals surface area contributed by atoms with Crippen LogP contribution in [0.1, 0.15) is 25.0 Å². The summed E-state index contributed by atoms with van der Waals surface area (Å²) in [7, 11) is 3.22. The lowest BCUT2D eigenvalue weighted by molar-refractivity contribution is -0.163. The van der Waals surface area contributed by atoms with Crippen LogP contribution in [0.15, 0.2) is 54.6 Å². The van der Waals surface area contributed by atoms with Gasteiger partial charge in [-0.1, -0.05) is 30.3 Å². The maximum atomic E-state index is 12.8. The average Bonchev–Trinajstić information content (AvgIpc) is 3.14. The number of hydrogen-bond acceptors (Lipinski definition) is 5. The Kier molecular flexibility index (Phi) is 6.72. The van der Waals surface area contributed by atoms with E-state index in [1.54, 1.807) is 67.5 Å². The minimum absolute atomic E-state index is 0.0453. The first-order valence-electron chi connectivity index (χ1n) is 9.90. The predicted octanol–water partition coefficient (Wildman–Crippen LogP) is 2.81. The van der Waals surface area contributed by atoms with Crippen LogP contribution in [-0.2, 0) is 19.1 Å². The Morgan fingerprint density at radius 1 is 1.10 bits per heavy atom. The second-order valence-electron chi connectivity index (χ2n) is 7.29. The summed E-state index contributed by atoms with van der Waals surface area (Å²) in [6, 6.07) is 16.0. The van der Waals surface area contributed by atoms with E-state index in [9.17, 15) is 14.4 Å². The number of amides is 2. The molecule has 0 aromatic heterocycles. The Hall–Kier alpha value is -3.35. The lowest BCUT2D eigenvalue weighted by Crippen LogP contribution is -2.33. The summed E-state index contributed by atoms with van der Waals surface area (Å²) >= 11 is 0. The van der Waals surface area contributed by atoms with Crippen molar-refractivity contribution < 1.29 is 23.9 Å². The molecule has 0 saturated carbocycles. The third-order valence-electron chi connectivity index (χ3n) is 4.92. The molecule has 7 heteroatoms. The minimum Gasteiger partial charge on any atom is -0.494 e. The average molecular weight is 410 g/mol. The highest BCUT2D eigenvalue weighted by Crippen LogP contribution is 2.29. The molecule has 2 aromatic carbocycles. The Morgan fingerprint density at radius 2 is 1.77 bits per heavy atom. The van der Waals surface area contributed by atoms with Crippen LogP contribution in [0.25, 0.3) is 0 Å². The van der Waals surface area contributed by atoms with Crippen molar-refractivity contribution >= 4 is 23.5 Å². The number of benzene rings is 2. The van der Waals surface area contributed by atoms with Gasteiger partial charge in [-0.05, 0) is 31.2 Å². The van der Waals surface area contributed by atoms with Gasteiger partial charge in [0.15, 0.2) is 0 Å². The lowest BCUT2D eigenvalue weighted by atomic mass is 10.1. The molecule has 0 bridgehead atoms. The Morgan fingerprint density at radius 3 is 2.37 bits per heavy atom. The van der Waals surface area contributed by atoms with Crippen LogP contribution in [0, 0.1) is 5.92 Å². The third kappa shape index (κ3) is 4.79. The number of hydrogen-bond donors (Lipinski definition) is 0. The van der Waals surface area contributed by atoms with Crippen LogP contribution in [-0.4, -0.2) is 49.9 Å². The van der Waals surface area contributed by atoms with Crippen LogP contribution < -0.4 is 9.64 Å². The molecule has 3 rings (SSSR count). The molecule has 0 N–H and O–H groups in total. The first-order valence-corrected chi connectivity index (χ1v) is 9.90. The number of esters is 1. The molecule has 1 saturated heterocycles.